The molecule has 0 unspecified atom stereocenters. The van der Waals surface area contributed by atoms with Gasteiger partial charge in [-0.05, 0) is 43.0 Å². The average molecular weight is 234 g/mol. The Labute approximate surface area is 99.2 Å². The highest BCUT2D eigenvalue weighted by molar-refractivity contribution is 6.35. The van der Waals surface area contributed by atoms with Crippen LogP contribution in [0, 0.1) is 5.92 Å². The third kappa shape index (κ3) is 1.85. The molecule has 0 bridgehead atoms. The molecule has 3 heteroatoms. The van der Waals surface area contributed by atoms with Gasteiger partial charge in [-0.1, -0.05) is 11.6 Å². The highest BCUT2D eigenvalue weighted by atomic mass is 35.5. The number of hydrogen-bond donors (Lipinski definition) is 0. The average Bonchev–Trinajstić information content (AvgIpc) is 3.13. The second-order valence-electron chi connectivity index (χ2n) is 4.20. The van der Waals surface area contributed by atoms with E-state index in [0.717, 1.165) is 34.2 Å². The summed E-state index contributed by atoms with van der Waals surface area (Å²) < 4.78 is 5.78. The molecule has 2 aromatic rings. The number of halogens is 1. The lowest BCUT2D eigenvalue weighted by molar-refractivity contribution is 0.302. The minimum atomic E-state index is 0.724. The predicted molar refractivity (Wildman–Crippen MR) is 65.0 cm³/mol. The van der Waals surface area contributed by atoms with E-state index in [1.807, 2.05) is 24.3 Å². The molecule has 1 aromatic carbocycles. The van der Waals surface area contributed by atoms with E-state index in [2.05, 4.69) is 4.98 Å². The van der Waals surface area contributed by atoms with Gasteiger partial charge in [0, 0.05) is 11.6 Å². The molecule has 0 spiro atoms. The molecule has 2 nitrogen and oxygen atoms in total. The number of aromatic nitrogens is 1. The summed E-state index contributed by atoms with van der Waals surface area (Å²) in [4.78, 5) is 4.33. The monoisotopic (exact) mass is 233 g/mol. The van der Waals surface area contributed by atoms with Crippen LogP contribution < -0.4 is 4.74 Å². The number of nitrogens with zero attached hydrogens (tertiary/aromatic N) is 1. The lowest BCUT2D eigenvalue weighted by Gasteiger charge is -2.08. The van der Waals surface area contributed by atoms with Crippen LogP contribution in [-0.2, 0) is 0 Å². The van der Waals surface area contributed by atoms with Crippen molar-refractivity contribution < 1.29 is 4.74 Å². The van der Waals surface area contributed by atoms with Gasteiger partial charge >= 0.3 is 0 Å². The van der Waals surface area contributed by atoms with E-state index in [1.54, 1.807) is 6.20 Å². The van der Waals surface area contributed by atoms with Crippen molar-refractivity contribution in [3.8, 4) is 5.75 Å². The molecule has 0 atom stereocenters. The van der Waals surface area contributed by atoms with Gasteiger partial charge in [0.15, 0.2) is 0 Å². The molecule has 82 valence electrons. The first-order valence-electron chi connectivity index (χ1n) is 5.50. The van der Waals surface area contributed by atoms with E-state index in [4.69, 9.17) is 16.3 Å². The second kappa shape index (κ2) is 3.95. The van der Waals surface area contributed by atoms with Gasteiger partial charge in [0.1, 0.15) is 11.3 Å². The molecule has 1 heterocycles. The summed E-state index contributed by atoms with van der Waals surface area (Å²) in [6, 6.07) is 7.63. The summed E-state index contributed by atoms with van der Waals surface area (Å²) in [7, 11) is 0. The molecule has 16 heavy (non-hydrogen) atoms. The van der Waals surface area contributed by atoms with Gasteiger partial charge in [-0.15, -0.1) is 0 Å². The Bertz CT molecular complexity index is 522. The molecular formula is C13H12ClNO. The zero-order valence-corrected chi connectivity index (χ0v) is 9.57. The van der Waals surface area contributed by atoms with E-state index in [9.17, 15) is 0 Å². The maximum Gasteiger partial charge on any atom is 0.145 e. The van der Waals surface area contributed by atoms with E-state index >= 15 is 0 Å². The third-order valence-electron chi connectivity index (χ3n) is 2.85. The van der Waals surface area contributed by atoms with Crippen molar-refractivity contribution in [1.82, 2.24) is 4.98 Å². The standard InChI is InChI=1S/C13H12ClNO/c14-11-5-6-12(16-8-9-3-4-9)13-10(11)2-1-7-15-13/h1-2,5-7,9H,3-4,8H2. The van der Waals surface area contributed by atoms with E-state index in [0.29, 0.717) is 0 Å². The molecule has 1 aliphatic carbocycles. The van der Waals surface area contributed by atoms with Gasteiger partial charge in [-0.25, -0.2) is 0 Å². The van der Waals surface area contributed by atoms with Crippen LogP contribution in [0.1, 0.15) is 12.8 Å². The van der Waals surface area contributed by atoms with Gasteiger partial charge < -0.3 is 4.74 Å². The molecule has 1 fully saturated rings. The van der Waals surface area contributed by atoms with Crippen LogP contribution in [0.3, 0.4) is 0 Å². The van der Waals surface area contributed by atoms with Gasteiger partial charge in [-0.2, -0.15) is 0 Å². The van der Waals surface area contributed by atoms with Crippen molar-refractivity contribution in [2.45, 2.75) is 12.8 Å². The lowest BCUT2D eigenvalue weighted by Crippen LogP contribution is -2.00. The van der Waals surface area contributed by atoms with Crippen LogP contribution in [0.2, 0.25) is 5.02 Å². The van der Waals surface area contributed by atoms with Crippen LogP contribution in [0.4, 0.5) is 0 Å². The highest BCUT2D eigenvalue weighted by Crippen LogP contribution is 2.33. The van der Waals surface area contributed by atoms with E-state index in [1.165, 1.54) is 12.8 Å². The van der Waals surface area contributed by atoms with Crippen molar-refractivity contribution in [1.29, 1.82) is 0 Å². The Morgan fingerprint density at radius 2 is 2.19 bits per heavy atom. The topological polar surface area (TPSA) is 22.1 Å². The van der Waals surface area contributed by atoms with Crippen LogP contribution in [-0.4, -0.2) is 11.6 Å². The fraction of sp³-hybridized carbons (Fsp3) is 0.308. The minimum Gasteiger partial charge on any atom is -0.491 e. The van der Waals surface area contributed by atoms with Crippen LogP contribution in [0.15, 0.2) is 30.5 Å². The molecule has 0 saturated heterocycles. The number of benzene rings is 1. The first kappa shape index (κ1) is 9.91. The Morgan fingerprint density at radius 1 is 1.31 bits per heavy atom. The Hall–Kier alpha value is -1.28. The van der Waals surface area contributed by atoms with Gasteiger partial charge in [-0.3, -0.25) is 4.98 Å². The molecule has 1 saturated carbocycles. The Balaban J connectivity index is 1.99. The second-order valence-corrected chi connectivity index (χ2v) is 4.61. The summed E-state index contributed by atoms with van der Waals surface area (Å²) in [6.45, 7) is 0.799. The van der Waals surface area contributed by atoms with Crippen LogP contribution in [0.25, 0.3) is 10.9 Å². The van der Waals surface area contributed by atoms with E-state index < -0.39 is 0 Å². The van der Waals surface area contributed by atoms with Crippen LogP contribution in [0.5, 0.6) is 5.75 Å². The minimum absolute atomic E-state index is 0.724. The molecule has 0 radical (unpaired) electrons. The number of hydrogen-bond acceptors (Lipinski definition) is 2. The largest absolute Gasteiger partial charge is 0.491 e. The Morgan fingerprint density at radius 3 is 3.00 bits per heavy atom. The first-order chi connectivity index (χ1) is 7.84. The molecule has 1 aromatic heterocycles. The zero-order valence-electron chi connectivity index (χ0n) is 8.82. The predicted octanol–water partition coefficient (Wildman–Crippen LogP) is 3.68. The summed E-state index contributed by atoms with van der Waals surface area (Å²) in [5.74, 6) is 1.58. The summed E-state index contributed by atoms with van der Waals surface area (Å²) in [6.07, 6.45) is 4.35. The summed E-state index contributed by atoms with van der Waals surface area (Å²) in [5.41, 5.74) is 0.857. The van der Waals surface area contributed by atoms with Crippen LogP contribution >= 0.6 is 11.6 Å². The van der Waals surface area contributed by atoms with Crippen molar-refractivity contribution >= 4 is 22.5 Å². The Kier molecular flexibility index (Phi) is 2.44. The molecule has 0 N–H and O–H groups in total. The maximum atomic E-state index is 6.11. The summed E-state index contributed by atoms with van der Waals surface area (Å²) in [5, 5.41) is 1.68. The quantitative estimate of drug-likeness (QED) is 0.807. The SMILES string of the molecule is Clc1ccc(OCC2CC2)c2ncccc12. The van der Waals surface area contributed by atoms with Crippen molar-refractivity contribution in [2.75, 3.05) is 6.61 Å². The van der Waals surface area contributed by atoms with Crippen molar-refractivity contribution in [3.05, 3.63) is 35.5 Å². The molecule has 0 amide bonds. The molecule has 1 aliphatic rings. The van der Waals surface area contributed by atoms with Gasteiger partial charge in [0.05, 0.1) is 11.6 Å². The number of fused-ring (bicyclic) bond motifs is 1. The molecule has 0 aliphatic heterocycles. The fourth-order valence-electron chi connectivity index (χ4n) is 1.72. The number of rotatable bonds is 3. The van der Waals surface area contributed by atoms with Gasteiger partial charge in [0.25, 0.3) is 0 Å². The zero-order chi connectivity index (χ0) is 11.0. The molecule has 3 rings (SSSR count). The maximum absolute atomic E-state index is 6.11. The normalized spacial score (nSPS) is 15.3. The fourth-order valence-corrected chi connectivity index (χ4v) is 1.94. The van der Waals surface area contributed by atoms with Crippen molar-refractivity contribution in [3.63, 3.8) is 0 Å². The summed E-state index contributed by atoms with van der Waals surface area (Å²) >= 11 is 6.11. The van der Waals surface area contributed by atoms with Gasteiger partial charge in [0.2, 0.25) is 0 Å². The van der Waals surface area contributed by atoms with Crippen molar-refractivity contribution in [2.24, 2.45) is 5.92 Å². The number of pyridine rings is 1. The highest BCUT2D eigenvalue weighted by Gasteiger charge is 2.22. The smallest absolute Gasteiger partial charge is 0.145 e. The number of ether oxygens (including phenoxy) is 1. The van der Waals surface area contributed by atoms with E-state index in [-0.39, 0.29) is 0 Å². The molecular weight excluding hydrogens is 222 g/mol. The first-order valence-corrected chi connectivity index (χ1v) is 5.88. The third-order valence-corrected chi connectivity index (χ3v) is 3.18. The lowest BCUT2D eigenvalue weighted by atomic mass is 10.2.